The Morgan fingerprint density at radius 2 is 1.29 bits per heavy atom. The van der Waals surface area contributed by atoms with Gasteiger partial charge in [0.15, 0.2) is 11.4 Å². The number of primary amides is 1. The van der Waals surface area contributed by atoms with Crippen molar-refractivity contribution in [3.63, 3.8) is 0 Å². The van der Waals surface area contributed by atoms with Crippen LogP contribution in [0.1, 0.15) is 98.8 Å². The van der Waals surface area contributed by atoms with Crippen molar-refractivity contribution in [2.75, 3.05) is 0 Å². The number of amides is 10. The van der Waals surface area contributed by atoms with Crippen LogP contribution >= 0.6 is 11.3 Å². The van der Waals surface area contributed by atoms with E-state index in [1.807, 2.05) is 0 Å². The molecule has 5 aromatic rings. The molecule has 13 N–H and O–H groups in total. The van der Waals surface area contributed by atoms with E-state index in [9.17, 15) is 58.2 Å². The maximum absolute atomic E-state index is 13.8. The normalized spacial score (nSPS) is 17.3. The SMILES string of the molecule is C=C(NC(=O)C(=C)NC(=O)c1ccc2c(n1)-c1coc(n1)C(=C)NC(=O)C(=C)NC(=O)c1nc(oc1C)C(=C)NC(=O)[C@@H](C(C)(C)O)NC(=O)C(=C)NC(=O)c1nc(oc1C)C(=CC)NC(=O)[C@@H]([C@H](C)O)NC(=O)c1csc-2n1)C(N)=O. The highest BCUT2D eigenvalue weighted by Crippen LogP contribution is 2.33. The summed E-state index contributed by atoms with van der Waals surface area (Å²) in [6, 6.07) is -0.904. The van der Waals surface area contributed by atoms with E-state index < -0.39 is 123 Å². The molecule has 0 radical (unpaired) electrons. The van der Waals surface area contributed by atoms with E-state index in [1.54, 1.807) is 0 Å². The Morgan fingerprint density at radius 3 is 1.89 bits per heavy atom. The number of nitrogens with one attached hydrogen (secondary N) is 9. The Balaban J connectivity index is 1.37. The number of allylic oxidation sites excluding steroid dienone is 1. The van der Waals surface area contributed by atoms with Crippen molar-refractivity contribution in [2.45, 2.75) is 65.3 Å². The molecule has 30 nitrogen and oxygen atoms in total. The number of hydrogen-bond donors (Lipinski definition) is 12. The highest BCUT2D eigenvalue weighted by atomic mass is 32.1. The van der Waals surface area contributed by atoms with Gasteiger partial charge in [-0.05, 0) is 53.7 Å². The van der Waals surface area contributed by atoms with Crippen LogP contribution in [-0.2, 0) is 28.8 Å². The monoisotopic (exact) mass is 1150 g/mol. The third-order valence-corrected chi connectivity index (χ3v) is 12.0. The van der Waals surface area contributed by atoms with Crippen LogP contribution in [-0.4, -0.2) is 118 Å². The summed E-state index contributed by atoms with van der Waals surface area (Å²) in [5, 5.41) is 43.7. The standard InChI is InChI=1S/C51H51N15O15S/c1-13-28-49-65-34(26(10)81-49)45(76)56-21(5)40(71)66-36(51(11,12)78)46(77)58-23(7)48-64-33(25(9)80-48)44(75)55-20(4)39(70)57-22(6)47-61-30(16-79-47)35-27(50-62-31(17-82-50)42(73)63-32(24(8)67)43(74)60-28)14-15-29(59-35)41(72)54-19(3)38(69)53-18(2)37(52)68/h13-17,24,32,36,67,78H,2-7H2,1,8-12H3,(H2,52,68)(H,53,69)(H,54,72)(H,55,75)(H,56,76)(H,57,70)(H,58,77)(H,60,74)(H,63,73)(H,66,71)/t24-,32+,36-/m0/s1. The van der Waals surface area contributed by atoms with E-state index in [0.717, 1.165) is 17.6 Å². The molecule has 31 heteroatoms. The molecular weight excluding hydrogens is 1090 g/mol. The van der Waals surface area contributed by atoms with Gasteiger partial charge < -0.3 is 77.0 Å². The quantitative estimate of drug-likeness (QED) is 0.0962. The van der Waals surface area contributed by atoms with Gasteiger partial charge in [-0.2, -0.15) is 0 Å². The molecule has 1 aliphatic rings. The molecule has 5 aromatic heterocycles. The average Bonchev–Trinajstić information content (AvgIpc) is 3.99. The molecule has 0 aromatic carbocycles. The summed E-state index contributed by atoms with van der Waals surface area (Å²) in [5.41, 5.74) is -1.53. The Morgan fingerprint density at radius 1 is 0.707 bits per heavy atom. The van der Waals surface area contributed by atoms with Gasteiger partial charge >= 0.3 is 0 Å². The average molecular weight is 1150 g/mol. The molecule has 0 aliphatic carbocycles. The van der Waals surface area contributed by atoms with Crippen LogP contribution in [0.15, 0.2) is 105 Å². The molecule has 0 saturated carbocycles. The first-order valence-corrected chi connectivity index (χ1v) is 24.5. The van der Waals surface area contributed by atoms with Crippen molar-refractivity contribution in [3.8, 4) is 22.0 Å². The van der Waals surface area contributed by atoms with Crippen LogP contribution in [0.5, 0.6) is 0 Å². The van der Waals surface area contributed by atoms with Gasteiger partial charge in [-0.15, -0.1) is 11.3 Å². The van der Waals surface area contributed by atoms with E-state index in [0.29, 0.717) is 0 Å². The molecule has 0 spiro atoms. The number of pyridine rings is 1. The number of aromatic nitrogens is 5. The Labute approximate surface area is 467 Å². The molecule has 0 fully saturated rings. The van der Waals surface area contributed by atoms with Gasteiger partial charge in [0.25, 0.3) is 47.3 Å². The van der Waals surface area contributed by atoms with Crippen molar-refractivity contribution < 1.29 is 71.4 Å². The number of hydrogen-bond acceptors (Lipinski definition) is 21. The van der Waals surface area contributed by atoms with Crippen molar-refractivity contribution in [1.29, 1.82) is 0 Å². The van der Waals surface area contributed by atoms with E-state index in [-0.39, 0.29) is 73.7 Å². The molecule has 426 valence electrons. The molecule has 8 bridgehead atoms. The van der Waals surface area contributed by atoms with Crippen LogP contribution in [0, 0.1) is 13.8 Å². The maximum Gasteiger partial charge on any atom is 0.278 e. The fourth-order valence-corrected chi connectivity index (χ4v) is 7.70. The van der Waals surface area contributed by atoms with Gasteiger partial charge in [-0.3, -0.25) is 47.9 Å². The van der Waals surface area contributed by atoms with Crippen molar-refractivity contribution >= 4 is 87.5 Å². The second-order valence-corrected chi connectivity index (χ2v) is 18.8. The number of carbonyl (C=O) groups excluding carboxylic acids is 10. The third-order valence-electron chi connectivity index (χ3n) is 11.2. The highest BCUT2D eigenvalue weighted by molar-refractivity contribution is 7.13. The molecule has 10 amide bonds. The van der Waals surface area contributed by atoms with Gasteiger partial charge in [0.1, 0.15) is 57.7 Å². The van der Waals surface area contributed by atoms with Gasteiger partial charge in [0.05, 0.1) is 51.6 Å². The molecular formula is C51H51N15O15S. The predicted molar refractivity (Wildman–Crippen MR) is 287 cm³/mol. The summed E-state index contributed by atoms with van der Waals surface area (Å²) >= 11 is 0.884. The number of oxazole rings is 3. The lowest BCUT2D eigenvalue weighted by Gasteiger charge is -2.29. The summed E-state index contributed by atoms with van der Waals surface area (Å²) in [5.74, 6) is -11.7. The minimum atomic E-state index is -2.00. The number of thiazole rings is 1. The van der Waals surface area contributed by atoms with Crippen molar-refractivity contribution in [1.82, 2.24) is 72.8 Å². The highest BCUT2D eigenvalue weighted by Gasteiger charge is 2.37. The van der Waals surface area contributed by atoms with E-state index in [4.69, 9.17) is 19.0 Å². The number of aliphatic hydroxyl groups excluding tert-OH is 1. The number of rotatable bonds is 7. The number of nitrogens with two attached hydrogens (primary N) is 1. The number of nitrogens with zero attached hydrogens (tertiary/aromatic N) is 5. The van der Waals surface area contributed by atoms with Crippen LogP contribution in [0.3, 0.4) is 0 Å². The van der Waals surface area contributed by atoms with Crippen molar-refractivity contribution in [3.05, 3.63) is 144 Å². The van der Waals surface area contributed by atoms with Crippen LogP contribution in [0.2, 0.25) is 0 Å². The predicted octanol–water partition coefficient (Wildman–Crippen LogP) is 0.0983. The number of aliphatic hydroxyl groups is 2. The Bertz CT molecular complexity index is 3660. The molecule has 0 unspecified atom stereocenters. The van der Waals surface area contributed by atoms with Crippen LogP contribution in [0.4, 0.5) is 0 Å². The molecule has 6 heterocycles. The Kier molecular flexibility index (Phi) is 18.0. The zero-order valence-corrected chi connectivity index (χ0v) is 45.1. The summed E-state index contributed by atoms with van der Waals surface area (Å²) in [6.07, 6.45) is 0.826. The zero-order chi connectivity index (χ0) is 60.8. The summed E-state index contributed by atoms with van der Waals surface area (Å²) < 4.78 is 16.9. The molecule has 6 rings (SSSR count). The summed E-state index contributed by atoms with van der Waals surface area (Å²) in [7, 11) is 0. The van der Waals surface area contributed by atoms with Crippen LogP contribution < -0.4 is 53.6 Å². The Hall–Kier alpha value is -10.8. The molecule has 82 heavy (non-hydrogen) atoms. The molecule has 1 aliphatic heterocycles. The summed E-state index contributed by atoms with van der Waals surface area (Å²) in [6.45, 7) is 29.1. The first-order chi connectivity index (χ1) is 38.4. The third kappa shape index (κ3) is 13.9. The van der Waals surface area contributed by atoms with E-state index >= 15 is 0 Å². The topological polar surface area (TPSA) is 449 Å². The number of carbonyl (C=O) groups is 10. The van der Waals surface area contributed by atoms with E-state index in [1.165, 1.54) is 65.1 Å². The smallest absolute Gasteiger partial charge is 0.278 e. The van der Waals surface area contributed by atoms with E-state index in [2.05, 4.69) is 112 Å². The lowest BCUT2D eigenvalue weighted by molar-refractivity contribution is -0.132. The van der Waals surface area contributed by atoms with Crippen molar-refractivity contribution in [2.24, 2.45) is 5.73 Å². The summed E-state index contributed by atoms with van der Waals surface area (Å²) in [4.78, 5) is 154. The van der Waals surface area contributed by atoms with Gasteiger partial charge in [-0.25, -0.2) is 24.9 Å². The largest absolute Gasteiger partial charge is 0.443 e. The molecule has 0 saturated heterocycles. The van der Waals surface area contributed by atoms with Gasteiger partial charge in [0.2, 0.25) is 29.5 Å². The lowest BCUT2D eigenvalue weighted by Crippen LogP contribution is -2.58. The fraction of sp³-hybridized carbons (Fsp3) is 0.196. The van der Waals surface area contributed by atoms with Crippen LogP contribution in [0.25, 0.3) is 39.1 Å². The van der Waals surface area contributed by atoms with Gasteiger partial charge in [0, 0.05) is 10.9 Å². The number of aryl methyl sites for hydroxylation is 2. The number of fused-ring (bicyclic) bond motifs is 11. The molecule has 3 atom stereocenters. The second-order valence-electron chi connectivity index (χ2n) is 18.0. The first kappa shape index (κ1) is 60.4. The minimum Gasteiger partial charge on any atom is -0.443 e. The second kappa shape index (κ2) is 24.5. The minimum absolute atomic E-state index is 0.0594. The lowest BCUT2D eigenvalue weighted by atomic mass is 9.97. The van der Waals surface area contributed by atoms with Gasteiger partial charge in [-0.1, -0.05) is 45.5 Å². The maximum atomic E-state index is 13.8. The zero-order valence-electron chi connectivity index (χ0n) is 44.3. The first-order valence-electron chi connectivity index (χ1n) is 23.6. The fourth-order valence-electron chi connectivity index (χ4n) is 6.87.